The smallest absolute Gasteiger partial charge is 0.0441 e. The van der Waals surface area contributed by atoms with E-state index in [2.05, 4.69) is 31.2 Å². The minimum absolute atomic E-state index is 0.312. The zero-order chi connectivity index (χ0) is 10.9. The first-order valence-electron chi connectivity index (χ1n) is 5.63. The molecule has 1 N–H and O–H groups in total. The van der Waals surface area contributed by atoms with Crippen LogP contribution in [0, 0.1) is 0 Å². The van der Waals surface area contributed by atoms with Crippen LogP contribution in [0.5, 0.6) is 0 Å². The monoisotopic (exact) mass is 224 g/mol. The van der Waals surface area contributed by atoms with Crippen LogP contribution in [0.4, 0.5) is 0 Å². The fraction of sp³-hybridized carbons (Fsp3) is 0.538. The first-order valence-corrected chi connectivity index (χ1v) is 6.68. The number of benzene rings is 1. The molecule has 1 aromatic rings. The van der Waals surface area contributed by atoms with Gasteiger partial charge in [0.15, 0.2) is 0 Å². The van der Waals surface area contributed by atoms with Crippen molar-refractivity contribution in [2.75, 3.05) is 6.61 Å². The molecule has 0 heterocycles. The Balaban J connectivity index is 2.33. The summed E-state index contributed by atoms with van der Waals surface area (Å²) in [7, 11) is 0. The number of hydrogen-bond donors (Lipinski definition) is 1. The molecule has 1 atom stereocenters. The van der Waals surface area contributed by atoms with Crippen molar-refractivity contribution >= 4 is 11.8 Å². The van der Waals surface area contributed by atoms with Crippen LogP contribution in [0.25, 0.3) is 0 Å². The van der Waals surface area contributed by atoms with E-state index in [-0.39, 0.29) is 0 Å². The van der Waals surface area contributed by atoms with Crippen LogP contribution in [0.1, 0.15) is 31.7 Å². The van der Waals surface area contributed by atoms with E-state index in [0.29, 0.717) is 11.9 Å². The van der Waals surface area contributed by atoms with Crippen molar-refractivity contribution in [1.29, 1.82) is 0 Å². The molecule has 0 aromatic heterocycles. The summed E-state index contributed by atoms with van der Waals surface area (Å²) in [4.78, 5) is 0. The molecule has 1 nitrogen and oxygen atoms in total. The van der Waals surface area contributed by atoms with Gasteiger partial charge in [0, 0.05) is 17.6 Å². The highest BCUT2D eigenvalue weighted by Gasteiger charge is 2.07. The maximum atomic E-state index is 8.95. The Bertz CT molecular complexity index is 242. The third-order valence-electron chi connectivity index (χ3n) is 2.39. The lowest BCUT2D eigenvalue weighted by Crippen LogP contribution is -2.05. The van der Waals surface area contributed by atoms with Crippen LogP contribution in [-0.2, 0) is 5.75 Å². The molecule has 0 saturated heterocycles. The van der Waals surface area contributed by atoms with Gasteiger partial charge in [-0.2, -0.15) is 11.8 Å². The maximum Gasteiger partial charge on any atom is 0.0441 e. The lowest BCUT2D eigenvalue weighted by Gasteiger charge is -2.14. The lowest BCUT2D eigenvalue weighted by molar-refractivity contribution is 0.285. The van der Waals surface area contributed by atoms with Crippen LogP contribution >= 0.6 is 11.8 Å². The first kappa shape index (κ1) is 12.6. The molecule has 1 unspecified atom stereocenters. The van der Waals surface area contributed by atoms with Gasteiger partial charge in [-0.25, -0.2) is 0 Å². The van der Waals surface area contributed by atoms with Crippen molar-refractivity contribution in [1.82, 2.24) is 0 Å². The molecule has 1 rings (SSSR count). The average molecular weight is 224 g/mol. The first-order chi connectivity index (χ1) is 7.36. The lowest BCUT2D eigenvalue weighted by atomic mass is 10.2. The molecule has 84 valence electrons. The van der Waals surface area contributed by atoms with Gasteiger partial charge in [0.2, 0.25) is 0 Å². The number of aliphatic hydroxyl groups is 1. The molecular formula is C13H20OS. The van der Waals surface area contributed by atoms with E-state index in [9.17, 15) is 0 Å². The van der Waals surface area contributed by atoms with Gasteiger partial charge in [-0.15, -0.1) is 0 Å². The maximum absolute atomic E-state index is 8.95. The second-order valence-corrected chi connectivity index (χ2v) is 5.01. The Morgan fingerprint density at radius 3 is 2.53 bits per heavy atom. The summed E-state index contributed by atoms with van der Waals surface area (Å²) >= 11 is 1.96. The molecule has 1 aromatic carbocycles. The predicted octanol–water partition coefficient (Wildman–Crippen LogP) is 3.47. The molecular weight excluding hydrogens is 204 g/mol. The zero-order valence-corrected chi connectivity index (χ0v) is 10.2. The summed E-state index contributed by atoms with van der Waals surface area (Å²) in [6.07, 6.45) is 3.33. The van der Waals surface area contributed by atoms with Gasteiger partial charge >= 0.3 is 0 Å². The van der Waals surface area contributed by atoms with Crippen molar-refractivity contribution in [2.24, 2.45) is 0 Å². The normalized spacial score (nSPS) is 12.7. The Hall–Kier alpha value is -0.470. The molecule has 0 aliphatic heterocycles. The average Bonchev–Trinajstić information content (AvgIpc) is 2.28. The van der Waals surface area contributed by atoms with Crippen molar-refractivity contribution < 1.29 is 5.11 Å². The summed E-state index contributed by atoms with van der Waals surface area (Å²) in [6, 6.07) is 10.5. The molecule has 0 saturated carbocycles. The Morgan fingerprint density at radius 1 is 1.20 bits per heavy atom. The highest BCUT2D eigenvalue weighted by molar-refractivity contribution is 7.99. The van der Waals surface area contributed by atoms with Crippen LogP contribution in [0.15, 0.2) is 30.3 Å². The van der Waals surface area contributed by atoms with Crippen molar-refractivity contribution in [3.63, 3.8) is 0 Å². The molecule has 2 heteroatoms. The van der Waals surface area contributed by atoms with Gasteiger partial charge in [0.25, 0.3) is 0 Å². The summed E-state index contributed by atoms with van der Waals surface area (Å²) in [5.41, 5.74) is 1.38. The van der Waals surface area contributed by atoms with Gasteiger partial charge in [-0.3, -0.25) is 0 Å². The zero-order valence-electron chi connectivity index (χ0n) is 9.36. The van der Waals surface area contributed by atoms with Gasteiger partial charge in [0.1, 0.15) is 0 Å². The summed E-state index contributed by atoms with van der Waals surface area (Å²) in [5, 5.41) is 9.56. The Labute approximate surface area is 96.9 Å². The summed E-state index contributed by atoms with van der Waals surface area (Å²) in [5.74, 6) is 1.06. The van der Waals surface area contributed by atoms with Gasteiger partial charge in [-0.1, -0.05) is 43.7 Å². The van der Waals surface area contributed by atoms with E-state index in [0.717, 1.165) is 12.2 Å². The second kappa shape index (κ2) is 7.77. The highest BCUT2D eigenvalue weighted by atomic mass is 32.2. The molecule has 0 radical (unpaired) electrons. The van der Waals surface area contributed by atoms with Gasteiger partial charge in [0.05, 0.1) is 0 Å². The Kier molecular flexibility index (Phi) is 6.53. The second-order valence-electron chi connectivity index (χ2n) is 3.72. The predicted molar refractivity (Wildman–Crippen MR) is 68.1 cm³/mol. The van der Waals surface area contributed by atoms with E-state index in [1.54, 1.807) is 0 Å². The van der Waals surface area contributed by atoms with Crippen LogP contribution in [0.3, 0.4) is 0 Å². The van der Waals surface area contributed by atoms with Crippen molar-refractivity contribution in [3.8, 4) is 0 Å². The molecule has 0 bridgehead atoms. The number of rotatable bonds is 7. The quantitative estimate of drug-likeness (QED) is 0.765. The van der Waals surface area contributed by atoms with Crippen molar-refractivity contribution in [3.05, 3.63) is 35.9 Å². The molecule has 0 fully saturated rings. The van der Waals surface area contributed by atoms with E-state index < -0.39 is 0 Å². The number of thioether (sulfide) groups is 1. The molecule has 0 aliphatic rings. The molecule has 0 spiro atoms. The standard InChI is InChI=1S/C13H20OS/c1-2-6-13(9-10-14)15-11-12-7-4-3-5-8-12/h3-5,7-8,13-14H,2,6,9-11H2,1H3. The topological polar surface area (TPSA) is 20.2 Å². The fourth-order valence-corrected chi connectivity index (χ4v) is 2.86. The molecule has 0 amide bonds. The third kappa shape index (κ3) is 5.24. The van der Waals surface area contributed by atoms with Gasteiger partial charge in [-0.05, 0) is 18.4 Å². The van der Waals surface area contributed by atoms with E-state index in [1.165, 1.54) is 18.4 Å². The van der Waals surface area contributed by atoms with Crippen LogP contribution in [-0.4, -0.2) is 17.0 Å². The number of aliphatic hydroxyl groups excluding tert-OH is 1. The number of hydrogen-bond acceptors (Lipinski definition) is 2. The summed E-state index contributed by atoms with van der Waals surface area (Å²) in [6.45, 7) is 2.51. The van der Waals surface area contributed by atoms with Crippen LogP contribution in [0.2, 0.25) is 0 Å². The van der Waals surface area contributed by atoms with E-state index in [1.807, 2.05) is 17.8 Å². The third-order valence-corrected chi connectivity index (χ3v) is 3.83. The molecule has 0 aliphatic carbocycles. The molecule has 15 heavy (non-hydrogen) atoms. The van der Waals surface area contributed by atoms with Crippen molar-refractivity contribution in [2.45, 2.75) is 37.2 Å². The largest absolute Gasteiger partial charge is 0.396 e. The summed E-state index contributed by atoms with van der Waals surface area (Å²) < 4.78 is 0. The van der Waals surface area contributed by atoms with E-state index in [4.69, 9.17) is 5.11 Å². The minimum atomic E-state index is 0.312. The minimum Gasteiger partial charge on any atom is -0.396 e. The Morgan fingerprint density at radius 2 is 1.93 bits per heavy atom. The van der Waals surface area contributed by atoms with Gasteiger partial charge < -0.3 is 5.11 Å². The SMILES string of the molecule is CCCC(CCO)SCc1ccccc1. The van der Waals surface area contributed by atoms with Crippen LogP contribution < -0.4 is 0 Å². The fourth-order valence-electron chi connectivity index (χ4n) is 1.57. The van der Waals surface area contributed by atoms with E-state index >= 15 is 0 Å². The highest BCUT2D eigenvalue weighted by Crippen LogP contribution is 2.23.